The Bertz CT molecular complexity index is 376. The Kier molecular flexibility index (Phi) is 6.91. The number of rotatable bonds is 6. The first-order valence-electron chi connectivity index (χ1n) is 8.06. The molecule has 23 heavy (non-hydrogen) atoms. The Labute approximate surface area is 134 Å². The molecule has 0 bridgehead atoms. The minimum Gasteiger partial charge on any atom is -0.379 e. The van der Waals surface area contributed by atoms with E-state index in [0.717, 1.165) is 39.3 Å². The van der Waals surface area contributed by atoms with Gasteiger partial charge in [-0.15, -0.1) is 0 Å². The molecule has 6 nitrogen and oxygen atoms in total. The number of ether oxygens (including phenoxy) is 1. The lowest BCUT2D eigenvalue weighted by molar-refractivity contribution is -0.143. The van der Waals surface area contributed by atoms with Crippen molar-refractivity contribution in [2.45, 2.75) is 25.1 Å². The highest BCUT2D eigenvalue weighted by Crippen LogP contribution is 2.19. The second-order valence-corrected chi connectivity index (χ2v) is 6.04. The molecule has 0 aliphatic carbocycles. The Morgan fingerprint density at radius 2 is 1.91 bits per heavy atom. The average Bonchev–Trinajstić information content (AvgIpc) is 2.89. The zero-order valence-electron chi connectivity index (χ0n) is 13.2. The summed E-state index contributed by atoms with van der Waals surface area (Å²) in [5.74, 6) is 0. The summed E-state index contributed by atoms with van der Waals surface area (Å²) in [6.07, 6.45) is -2.79. The summed E-state index contributed by atoms with van der Waals surface area (Å²) < 4.78 is 42.2. The summed E-state index contributed by atoms with van der Waals surface area (Å²) in [5.41, 5.74) is 0. The van der Waals surface area contributed by atoms with Crippen molar-refractivity contribution in [2.24, 2.45) is 0 Å². The minimum atomic E-state index is -4.18. The van der Waals surface area contributed by atoms with Crippen molar-refractivity contribution < 1.29 is 22.7 Å². The monoisotopic (exact) mass is 338 g/mol. The van der Waals surface area contributed by atoms with Crippen LogP contribution >= 0.6 is 0 Å². The van der Waals surface area contributed by atoms with E-state index >= 15 is 0 Å². The van der Waals surface area contributed by atoms with Gasteiger partial charge in [-0.1, -0.05) is 0 Å². The van der Waals surface area contributed by atoms with Crippen molar-refractivity contribution in [3.05, 3.63) is 0 Å². The normalized spacial score (nSPS) is 23.9. The molecular weight excluding hydrogens is 313 g/mol. The second kappa shape index (κ2) is 8.70. The van der Waals surface area contributed by atoms with Crippen LogP contribution in [0.3, 0.4) is 0 Å². The van der Waals surface area contributed by atoms with E-state index < -0.39 is 12.7 Å². The van der Waals surface area contributed by atoms with Crippen molar-refractivity contribution in [1.29, 1.82) is 0 Å². The SMILES string of the molecule is O=C(NCCCN1CCOCC1)NC1CCN(CC(F)(F)F)C1. The van der Waals surface area contributed by atoms with Gasteiger partial charge in [0.15, 0.2) is 0 Å². The Morgan fingerprint density at radius 3 is 2.61 bits per heavy atom. The van der Waals surface area contributed by atoms with E-state index in [1.54, 1.807) is 0 Å². The largest absolute Gasteiger partial charge is 0.401 e. The Morgan fingerprint density at radius 1 is 1.17 bits per heavy atom. The first-order valence-corrected chi connectivity index (χ1v) is 8.06. The van der Waals surface area contributed by atoms with Crippen LogP contribution in [0.2, 0.25) is 0 Å². The summed E-state index contributed by atoms with van der Waals surface area (Å²) >= 11 is 0. The summed E-state index contributed by atoms with van der Waals surface area (Å²) in [4.78, 5) is 15.4. The fourth-order valence-corrected chi connectivity index (χ4v) is 2.91. The molecule has 1 unspecified atom stereocenters. The van der Waals surface area contributed by atoms with E-state index in [0.29, 0.717) is 19.5 Å². The number of amides is 2. The Hall–Kier alpha value is -1.06. The predicted octanol–water partition coefficient (Wildman–Crippen LogP) is 0.644. The average molecular weight is 338 g/mol. The molecule has 0 aromatic heterocycles. The molecule has 2 aliphatic rings. The molecule has 2 heterocycles. The highest BCUT2D eigenvalue weighted by Gasteiger charge is 2.34. The summed E-state index contributed by atoms with van der Waals surface area (Å²) in [6, 6.07) is -0.512. The van der Waals surface area contributed by atoms with Crippen LogP contribution in [0, 0.1) is 0 Å². The third-order valence-corrected chi connectivity index (χ3v) is 4.05. The van der Waals surface area contributed by atoms with Crippen molar-refractivity contribution in [3.8, 4) is 0 Å². The topological polar surface area (TPSA) is 56.8 Å². The van der Waals surface area contributed by atoms with Gasteiger partial charge < -0.3 is 15.4 Å². The fraction of sp³-hybridized carbons (Fsp3) is 0.929. The van der Waals surface area contributed by atoms with Gasteiger partial charge in [-0.3, -0.25) is 9.80 Å². The first kappa shape index (κ1) is 18.3. The lowest BCUT2D eigenvalue weighted by Crippen LogP contribution is -2.45. The maximum atomic E-state index is 12.3. The summed E-state index contributed by atoms with van der Waals surface area (Å²) in [5, 5.41) is 5.50. The number of hydrogen-bond acceptors (Lipinski definition) is 4. The van der Waals surface area contributed by atoms with Gasteiger partial charge in [-0.2, -0.15) is 13.2 Å². The van der Waals surface area contributed by atoms with E-state index in [-0.39, 0.29) is 18.6 Å². The second-order valence-electron chi connectivity index (χ2n) is 6.04. The highest BCUT2D eigenvalue weighted by atomic mass is 19.4. The number of carbonyl (C=O) groups excluding carboxylic acids is 1. The molecule has 0 radical (unpaired) electrons. The number of carbonyl (C=O) groups is 1. The number of alkyl halides is 3. The van der Waals surface area contributed by atoms with Crippen LogP contribution in [0.4, 0.5) is 18.0 Å². The fourth-order valence-electron chi connectivity index (χ4n) is 2.91. The van der Waals surface area contributed by atoms with Crippen LogP contribution in [-0.4, -0.2) is 87.1 Å². The summed E-state index contributed by atoms with van der Waals surface area (Å²) in [7, 11) is 0. The molecule has 1 atom stereocenters. The molecule has 2 aliphatic heterocycles. The van der Waals surface area contributed by atoms with Gasteiger partial charge in [0, 0.05) is 38.8 Å². The number of urea groups is 1. The van der Waals surface area contributed by atoms with Gasteiger partial charge in [0.1, 0.15) is 0 Å². The molecule has 2 rings (SSSR count). The molecular formula is C14H25F3N4O2. The lowest BCUT2D eigenvalue weighted by atomic mass is 10.3. The standard InChI is InChI=1S/C14H25F3N4O2/c15-14(16,17)11-21-5-2-12(10-21)19-13(22)18-3-1-4-20-6-8-23-9-7-20/h12H,1-11H2,(H2,18,19,22). The molecule has 0 aromatic carbocycles. The van der Waals surface area contributed by atoms with Crippen LogP contribution in [0.5, 0.6) is 0 Å². The number of likely N-dealkylation sites (tertiary alicyclic amines) is 1. The zero-order chi connectivity index (χ0) is 16.7. The molecule has 0 aromatic rings. The number of nitrogens with zero attached hydrogens (tertiary/aromatic N) is 2. The van der Waals surface area contributed by atoms with E-state index in [2.05, 4.69) is 15.5 Å². The van der Waals surface area contributed by atoms with Gasteiger partial charge in [0.25, 0.3) is 0 Å². The quantitative estimate of drug-likeness (QED) is 0.698. The Balaban J connectivity index is 1.53. The third kappa shape index (κ3) is 7.36. The molecule has 0 spiro atoms. The van der Waals surface area contributed by atoms with Crippen LogP contribution < -0.4 is 10.6 Å². The van der Waals surface area contributed by atoms with Crippen molar-refractivity contribution in [3.63, 3.8) is 0 Å². The van der Waals surface area contributed by atoms with Crippen molar-refractivity contribution >= 4 is 6.03 Å². The lowest BCUT2D eigenvalue weighted by Gasteiger charge is -2.26. The van der Waals surface area contributed by atoms with Gasteiger partial charge >= 0.3 is 12.2 Å². The molecule has 9 heteroatoms. The number of hydrogen-bond donors (Lipinski definition) is 2. The molecule has 2 amide bonds. The zero-order valence-corrected chi connectivity index (χ0v) is 13.2. The van der Waals surface area contributed by atoms with Gasteiger partial charge in [-0.05, 0) is 19.4 Å². The highest BCUT2D eigenvalue weighted by molar-refractivity contribution is 5.74. The van der Waals surface area contributed by atoms with Crippen LogP contribution in [-0.2, 0) is 4.74 Å². The summed E-state index contributed by atoms with van der Waals surface area (Å²) in [6.45, 7) is 4.52. The van der Waals surface area contributed by atoms with E-state index in [4.69, 9.17) is 4.74 Å². The van der Waals surface area contributed by atoms with Gasteiger partial charge in [-0.25, -0.2) is 4.79 Å². The molecule has 134 valence electrons. The maximum absolute atomic E-state index is 12.3. The van der Waals surface area contributed by atoms with Crippen LogP contribution in [0.15, 0.2) is 0 Å². The van der Waals surface area contributed by atoms with Gasteiger partial charge in [0.05, 0.1) is 19.8 Å². The van der Waals surface area contributed by atoms with Crippen molar-refractivity contribution in [2.75, 3.05) is 59.0 Å². The maximum Gasteiger partial charge on any atom is 0.401 e. The van der Waals surface area contributed by atoms with E-state index in [9.17, 15) is 18.0 Å². The van der Waals surface area contributed by atoms with Gasteiger partial charge in [0.2, 0.25) is 0 Å². The molecule has 2 N–H and O–H groups in total. The van der Waals surface area contributed by atoms with E-state index in [1.807, 2.05) is 0 Å². The van der Waals surface area contributed by atoms with Crippen LogP contribution in [0.1, 0.15) is 12.8 Å². The molecule has 2 saturated heterocycles. The van der Waals surface area contributed by atoms with Crippen LogP contribution in [0.25, 0.3) is 0 Å². The predicted molar refractivity (Wildman–Crippen MR) is 79.3 cm³/mol. The minimum absolute atomic E-state index is 0.211. The van der Waals surface area contributed by atoms with Crippen molar-refractivity contribution in [1.82, 2.24) is 20.4 Å². The third-order valence-electron chi connectivity index (χ3n) is 4.05. The smallest absolute Gasteiger partial charge is 0.379 e. The number of nitrogens with one attached hydrogen (secondary N) is 2. The molecule has 0 saturated carbocycles. The van der Waals surface area contributed by atoms with E-state index in [1.165, 1.54) is 4.90 Å². The number of morpholine rings is 1. The molecule has 2 fully saturated rings. The number of halogens is 3. The first-order chi connectivity index (χ1) is 10.9.